The van der Waals surface area contributed by atoms with Gasteiger partial charge in [0, 0.05) is 44.6 Å². The fourth-order valence-electron chi connectivity index (χ4n) is 2.72. The van der Waals surface area contributed by atoms with Crippen LogP contribution < -0.4 is 0 Å². The zero-order valence-electron chi connectivity index (χ0n) is 13.5. The van der Waals surface area contributed by atoms with E-state index in [1.54, 1.807) is 0 Å². The summed E-state index contributed by atoms with van der Waals surface area (Å²) in [6.45, 7) is 5.28. The lowest BCUT2D eigenvalue weighted by Gasteiger charge is -2.28. The third kappa shape index (κ3) is 3.83. The Morgan fingerprint density at radius 2 is 1.82 bits per heavy atom. The molecule has 2 heterocycles. The molecule has 0 unspecified atom stereocenters. The van der Waals surface area contributed by atoms with Crippen LogP contribution in [0.2, 0.25) is 0 Å². The Bertz CT molecular complexity index is 559. The summed E-state index contributed by atoms with van der Waals surface area (Å²) in [5.74, 6) is 4.37. The smallest absolute Gasteiger partial charge is 0.227 e. The molecule has 0 aliphatic carbocycles. The molecule has 4 nitrogen and oxygen atoms in total. The second-order valence-electron chi connectivity index (χ2n) is 5.90. The summed E-state index contributed by atoms with van der Waals surface area (Å²) in [6, 6.07) is 8.37. The van der Waals surface area contributed by atoms with Crippen molar-refractivity contribution in [3.05, 3.63) is 29.8 Å². The number of amidine groups is 1. The number of nitrogens with zero attached hydrogens (tertiary/aromatic N) is 4. The van der Waals surface area contributed by atoms with Gasteiger partial charge in [0.25, 0.3) is 0 Å². The monoisotopic (exact) mass is 316 g/mol. The second-order valence-corrected chi connectivity index (χ2v) is 7.12. The highest BCUT2D eigenvalue weighted by Crippen LogP contribution is 2.18. The van der Waals surface area contributed by atoms with Gasteiger partial charge in [-0.2, -0.15) is 16.8 Å². The quantitative estimate of drug-likeness (QED) is 0.589. The SMILES string of the molecule is Cc1ccc(N=C(N=C2CCCN2C)N2CCSCC2)cc1. The van der Waals surface area contributed by atoms with Gasteiger partial charge in [-0.1, -0.05) is 17.7 Å². The summed E-state index contributed by atoms with van der Waals surface area (Å²) in [5, 5.41) is 0. The molecule has 0 aromatic heterocycles. The fraction of sp³-hybridized carbons (Fsp3) is 0.529. The Morgan fingerprint density at radius 3 is 2.45 bits per heavy atom. The van der Waals surface area contributed by atoms with Gasteiger partial charge in [0.1, 0.15) is 5.84 Å². The van der Waals surface area contributed by atoms with Crippen LogP contribution in [-0.2, 0) is 0 Å². The van der Waals surface area contributed by atoms with E-state index in [-0.39, 0.29) is 0 Å². The molecule has 1 aromatic carbocycles. The van der Waals surface area contributed by atoms with Crippen LogP contribution in [0.4, 0.5) is 5.69 Å². The second kappa shape index (κ2) is 7.18. The molecule has 0 amide bonds. The van der Waals surface area contributed by atoms with Crippen LogP contribution in [-0.4, -0.2) is 59.8 Å². The summed E-state index contributed by atoms with van der Waals surface area (Å²) >= 11 is 2.01. The van der Waals surface area contributed by atoms with Gasteiger partial charge in [0.15, 0.2) is 0 Å². The lowest BCUT2D eigenvalue weighted by atomic mass is 10.2. The van der Waals surface area contributed by atoms with E-state index < -0.39 is 0 Å². The molecule has 3 rings (SSSR count). The first-order valence-electron chi connectivity index (χ1n) is 7.99. The van der Waals surface area contributed by atoms with E-state index in [1.807, 2.05) is 11.8 Å². The third-order valence-corrected chi connectivity index (χ3v) is 5.06. The molecule has 0 atom stereocenters. The predicted molar refractivity (Wildman–Crippen MR) is 96.5 cm³/mol. The van der Waals surface area contributed by atoms with Gasteiger partial charge in [-0.05, 0) is 25.5 Å². The topological polar surface area (TPSA) is 31.2 Å². The number of aryl methyl sites for hydroxylation is 1. The molecule has 2 aliphatic rings. The standard InChI is InChI=1S/C17H24N4S/c1-14-5-7-15(8-6-14)18-17(21-10-12-22-13-11-21)19-16-4-3-9-20(16)2/h5-8H,3-4,9-13H2,1-2H3. The average Bonchev–Trinajstić information content (AvgIpc) is 2.95. The number of thioether (sulfide) groups is 1. The summed E-state index contributed by atoms with van der Waals surface area (Å²) in [4.78, 5) is 14.3. The summed E-state index contributed by atoms with van der Waals surface area (Å²) in [7, 11) is 2.13. The van der Waals surface area contributed by atoms with Crippen molar-refractivity contribution in [2.45, 2.75) is 19.8 Å². The van der Waals surface area contributed by atoms with E-state index in [9.17, 15) is 0 Å². The van der Waals surface area contributed by atoms with Gasteiger partial charge in [-0.3, -0.25) is 0 Å². The van der Waals surface area contributed by atoms with Crippen molar-refractivity contribution in [2.75, 3.05) is 38.2 Å². The third-order valence-electron chi connectivity index (χ3n) is 4.12. The van der Waals surface area contributed by atoms with Crippen LogP contribution in [0.25, 0.3) is 0 Å². The number of likely N-dealkylation sites (tertiary alicyclic amines) is 1. The van der Waals surface area contributed by atoms with Gasteiger partial charge >= 0.3 is 0 Å². The van der Waals surface area contributed by atoms with E-state index in [1.165, 1.54) is 17.8 Å². The van der Waals surface area contributed by atoms with Crippen LogP contribution in [0.5, 0.6) is 0 Å². The molecular weight excluding hydrogens is 292 g/mol. The maximum Gasteiger partial charge on any atom is 0.227 e. The van der Waals surface area contributed by atoms with Crippen molar-refractivity contribution in [3.63, 3.8) is 0 Å². The number of guanidine groups is 1. The zero-order chi connectivity index (χ0) is 15.4. The first-order valence-corrected chi connectivity index (χ1v) is 9.14. The lowest BCUT2D eigenvalue weighted by molar-refractivity contribution is 0.457. The lowest BCUT2D eigenvalue weighted by Crippen LogP contribution is -2.38. The number of hydrogen-bond donors (Lipinski definition) is 0. The largest absolute Gasteiger partial charge is 0.363 e. The maximum absolute atomic E-state index is 4.91. The molecule has 22 heavy (non-hydrogen) atoms. The minimum absolute atomic E-state index is 0.882. The number of benzene rings is 1. The highest BCUT2D eigenvalue weighted by molar-refractivity contribution is 7.99. The minimum atomic E-state index is 0.882. The number of aliphatic imine (C=N–C) groups is 2. The van der Waals surface area contributed by atoms with E-state index in [4.69, 9.17) is 9.98 Å². The van der Waals surface area contributed by atoms with Gasteiger partial charge in [0.2, 0.25) is 5.96 Å². The van der Waals surface area contributed by atoms with Crippen molar-refractivity contribution in [1.82, 2.24) is 9.80 Å². The Kier molecular flexibility index (Phi) is 5.03. The van der Waals surface area contributed by atoms with E-state index in [0.717, 1.165) is 49.2 Å². The van der Waals surface area contributed by atoms with Crippen molar-refractivity contribution in [3.8, 4) is 0 Å². The van der Waals surface area contributed by atoms with Gasteiger partial charge < -0.3 is 9.80 Å². The number of hydrogen-bond acceptors (Lipinski definition) is 2. The average molecular weight is 316 g/mol. The van der Waals surface area contributed by atoms with Gasteiger partial charge in [-0.15, -0.1) is 0 Å². The number of rotatable bonds is 1. The van der Waals surface area contributed by atoms with E-state index in [2.05, 4.69) is 48.0 Å². The molecule has 0 radical (unpaired) electrons. The van der Waals surface area contributed by atoms with Crippen LogP contribution in [0.3, 0.4) is 0 Å². The molecule has 0 saturated carbocycles. The molecule has 2 fully saturated rings. The zero-order valence-corrected chi connectivity index (χ0v) is 14.3. The molecule has 0 spiro atoms. The first-order chi connectivity index (χ1) is 10.7. The maximum atomic E-state index is 4.91. The molecule has 0 N–H and O–H groups in total. The van der Waals surface area contributed by atoms with Gasteiger partial charge in [-0.25, -0.2) is 4.99 Å². The minimum Gasteiger partial charge on any atom is -0.363 e. The van der Waals surface area contributed by atoms with Crippen LogP contribution >= 0.6 is 11.8 Å². The molecule has 0 bridgehead atoms. The molecule has 2 saturated heterocycles. The molecule has 5 heteroatoms. The molecule has 2 aliphatic heterocycles. The fourth-order valence-corrected chi connectivity index (χ4v) is 3.62. The van der Waals surface area contributed by atoms with Crippen molar-refractivity contribution >= 4 is 29.2 Å². The van der Waals surface area contributed by atoms with Crippen LogP contribution in [0.1, 0.15) is 18.4 Å². The van der Waals surface area contributed by atoms with Crippen LogP contribution in [0.15, 0.2) is 34.3 Å². The van der Waals surface area contributed by atoms with Crippen LogP contribution in [0, 0.1) is 6.92 Å². The predicted octanol–water partition coefficient (Wildman–Crippen LogP) is 3.16. The normalized spacial score (nSPS) is 21.7. The summed E-state index contributed by atoms with van der Waals surface area (Å²) in [5.41, 5.74) is 2.25. The first kappa shape index (κ1) is 15.4. The van der Waals surface area contributed by atoms with Crippen molar-refractivity contribution in [1.29, 1.82) is 0 Å². The van der Waals surface area contributed by atoms with E-state index >= 15 is 0 Å². The van der Waals surface area contributed by atoms with Gasteiger partial charge in [0.05, 0.1) is 5.69 Å². The Morgan fingerprint density at radius 1 is 1.09 bits per heavy atom. The molecule has 118 valence electrons. The van der Waals surface area contributed by atoms with Crippen molar-refractivity contribution in [2.24, 2.45) is 9.98 Å². The highest BCUT2D eigenvalue weighted by atomic mass is 32.2. The van der Waals surface area contributed by atoms with Crippen molar-refractivity contribution < 1.29 is 0 Å². The Hall–Kier alpha value is -1.49. The van der Waals surface area contributed by atoms with E-state index in [0.29, 0.717) is 0 Å². The Labute approximate surface area is 137 Å². The Balaban J connectivity index is 1.89. The summed E-state index contributed by atoms with van der Waals surface area (Å²) in [6.07, 6.45) is 2.26. The summed E-state index contributed by atoms with van der Waals surface area (Å²) < 4.78 is 0. The molecular formula is C17H24N4S. The highest BCUT2D eigenvalue weighted by Gasteiger charge is 2.19. The molecule has 1 aromatic rings.